The van der Waals surface area contributed by atoms with Crippen molar-refractivity contribution < 1.29 is 4.79 Å². The summed E-state index contributed by atoms with van der Waals surface area (Å²) in [6.45, 7) is 0.714. The lowest BCUT2D eigenvalue weighted by Gasteiger charge is -2.03. The zero-order valence-electron chi connectivity index (χ0n) is 11.1. The van der Waals surface area contributed by atoms with E-state index >= 15 is 0 Å². The van der Waals surface area contributed by atoms with Crippen LogP contribution in [0, 0.1) is 0 Å². The molecule has 0 bridgehead atoms. The van der Waals surface area contributed by atoms with Crippen molar-refractivity contribution in [1.29, 1.82) is 0 Å². The van der Waals surface area contributed by atoms with Crippen LogP contribution in [0.5, 0.6) is 0 Å². The minimum atomic E-state index is -0.0546. The molecular formula is C16H20N2O. The van der Waals surface area contributed by atoms with Crippen molar-refractivity contribution >= 4 is 17.7 Å². The summed E-state index contributed by atoms with van der Waals surface area (Å²) in [5.74, 6) is -0.0546. The van der Waals surface area contributed by atoms with Crippen molar-refractivity contribution in [2.24, 2.45) is 0 Å². The first kappa shape index (κ1) is 13.4. The molecule has 1 aliphatic rings. The molecule has 100 valence electrons. The van der Waals surface area contributed by atoms with Gasteiger partial charge in [-0.2, -0.15) is 0 Å². The molecule has 3 heteroatoms. The normalized spacial score (nSPS) is 14.6. The van der Waals surface area contributed by atoms with E-state index in [1.54, 1.807) is 12.2 Å². The van der Waals surface area contributed by atoms with Gasteiger partial charge in [-0.05, 0) is 49.5 Å². The van der Waals surface area contributed by atoms with E-state index in [2.05, 4.69) is 11.4 Å². The molecule has 3 nitrogen and oxygen atoms in total. The maximum Gasteiger partial charge on any atom is 0.244 e. The maximum atomic E-state index is 11.6. The van der Waals surface area contributed by atoms with Gasteiger partial charge < -0.3 is 11.1 Å². The minimum absolute atomic E-state index is 0.0546. The summed E-state index contributed by atoms with van der Waals surface area (Å²) in [5.41, 5.74) is 8.79. The Morgan fingerprint density at radius 1 is 1.42 bits per heavy atom. The van der Waals surface area contributed by atoms with Gasteiger partial charge in [0.05, 0.1) is 0 Å². The van der Waals surface area contributed by atoms with Crippen molar-refractivity contribution in [3.63, 3.8) is 0 Å². The van der Waals surface area contributed by atoms with Crippen molar-refractivity contribution in [3.05, 3.63) is 47.6 Å². The standard InChI is InChI=1S/C16H20N2O/c17-15-7-3-6-14(12-15)8-9-16(19)18-11-10-13-4-1-2-5-13/h3-4,6-9,12H,1-2,5,10-11,17H2,(H,18,19)/b9-8+. The lowest BCUT2D eigenvalue weighted by molar-refractivity contribution is -0.116. The topological polar surface area (TPSA) is 55.1 Å². The predicted molar refractivity (Wildman–Crippen MR) is 79.4 cm³/mol. The molecule has 0 saturated heterocycles. The fourth-order valence-electron chi connectivity index (χ4n) is 2.20. The second kappa shape index (κ2) is 6.78. The second-order valence-corrected chi connectivity index (χ2v) is 4.80. The van der Waals surface area contributed by atoms with E-state index in [0.717, 1.165) is 12.0 Å². The molecule has 1 aromatic rings. The van der Waals surface area contributed by atoms with Crippen LogP contribution in [0.25, 0.3) is 6.08 Å². The Morgan fingerprint density at radius 2 is 2.32 bits per heavy atom. The number of hydrogen-bond donors (Lipinski definition) is 2. The van der Waals surface area contributed by atoms with Crippen molar-refractivity contribution in [1.82, 2.24) is 5.32 Å². The number of nitrogens with two attached hydrogens (primary N) is 1. The van der Waals surface area contributed by atoms with Gasteiger partial charge in [0, 0.05) is 18.3 Å². The fourth-order valence-corrected chi connectivity index (χ4v) is 2.20. The van der Waals surface area contributed by atoms with E-state index in [1.165, 1.54) is 24.8 Å². The number of amides is 1. The molecule has 0 heterocycles. The van der Waals surface area contributed by atoms with Gasteiger partial charge >= 0.3 is 0 Å². The molecule has 0 radical (unpaired) electrons. The average molecular weight is 256 g/mol. The Hall–Kier alpha value is -2.03. The van der Waals surface area contributed by atoms with Crippen LogP contribution in [-0.4, -0.2) is 12.5 Å². The first-order chi connectivity index (χ1) is 9.24. The summed E-state index contributed by atoms with van der Waals surface area (Å²) in [4.78, 5) is 11.6. The summed E-state index contributed by atoms with van der Waals surface area (Å²) in [7, 11) is 0. The van der Waals surface area contributed by atoms with Crippen LogP contribution in [-0.2, 0) is 4.79 Å². The molecule has 0 saturated carbocycles. The number of anilines is 1. The summed E-state index contributed by atoms with van der Waals surface area (Å²) in [5, 5.41) is 2.90. The van der Waals surface area contributed by atoms with Gasteiger partial charge in [-0.15, -0.1) is 0 Å². The number of carbonyl (C=O) groups excluding carboxylic acids is 1. The molecule has 3 N–H and O–H groups in total. The average Bonchev–Trinajstić information content (AvgIpc) is 2.90. The molecule has 1 amide bonds. The molecule has 2 rings (SSSR count). The summed E-state index contributed by atoms with van der Waals surface area (Å²) in [6.07, 6.45) is 10.2. The van der Waals surface area contributed by atoms with Crippen LogP contribution in [0.15, 0.2) is 42.0 Å². The monoisotopic (exact) mass is 256 g/mol. The third-order valence-electron chi connectivity index (χ3n) is 3.22. The highest BCUT2D eigenvalue weighted by Crippen LogP contribution is 2.19. The molecule has 0 unspecified atom stereocenters. The zero-order valence-corrected chi connectivity index (χ0v) is 11.1. The first-order valence-electron chi connectivity index (χ1n) is 6.73. The lowest BCUT2D eigenvalue weighted by Crippen LogP contribution is -2.22. The highest BCUT2D eigenvalue weighted by atomic mass is 16.1. The van der Waals surface area contributed by atoms with Crippen LogP contribution in [0.3, 0.4) is 0 Å². The van der Waals surface area contributed by atoms with E-state index in [4.69, 9.17) is 5.73 Å². The number of nitrogens with one attached hydrogen (secondary N) is 1. The molecule has 1 aromatic carbocycles. The van der Waals surface area contributed by atoms with Crippen LogP contribution >= 0.6 is 0 Å². The Bertz CT molecular complexity index is 503. The number of allylic oxidation sites excluding steroid dienone is 1. The molecule has 0 aromatic heterocycles. The van der Waals surface area contributed by atoms with E-state index < -0.39 is 0 Å². The third-order valence-corrected chi connectivity index (χ3v) is 3.22. The zero-order chi connectivity index (χ0) is 13.5. The molecule has 0 fully saturated rings. The van der Waals surface area contributed by atoms with Gasteiger partial charge in [-0.1, -0.05) is 23.8 Å². The first-order valence-corrected chi connectivity index (χ1v) is 6.73. The van der Waals surface area contributed by atoms with E-state index in [-0.39, 0.29) is 5.91 Å². The van der Waals surface area contributed by atoms with Crippen LogP contribution in [0.2, 0.25) is 0 Å². The van der Waals surface area contributed by atoms with Gasteiger partial charge in [0.1, 0.15) is 0 Å². The lowest BCUT2D eigenvalue weighted by atomic mass is 10.1. The highest BCUT2D eigenvalue weighted by molar-refractivity contribution is 5.91. The van der Waals surface area contributed by atoms with Gasteiger partial charge in [0.15, 0.2) is 0 Å². The molecule has 0 atom stereocenters. The van der Waals surface area contributed by atoms with Gasteiger partial charge in [-0.3, -0.25) is 4.79 Å². The number of carbonyl (C=O) groups is 1. The van der Waals surface area contributed by atoms with Crippen LogP contribution in [0.1, 0.15) is 31.2 Å². The summed E-state index contributed by atoms with van der Waals surface area (Å²) < 4.78 is 0. The fraction of sp³-hybridized carbons (Fsp3) is 0.312. The second-order valence-electron chi connectivity index (χ2n) is 4.80. The number of hydrogen-bond acceptors (Lipinski definition) is 2. The molecule has 0 spiro atoms. The number of nitrogen functional groups attached to an aromatic ring is 1. The summed E-state index contributed by atoms with van der Waals surface area (Å²) in [6, 6.07) is 7.46. The SMILES string of the molecule is Nc1cccc(/C=C/C(=O)NCCC2=CCCC2)c1. The number of benzene rings is 1. The summed E-state index contributed by atoms with van der Waals surface area (Å²) >= 11 is 0. The largest absolute Gasteiger partial charge is 0.399 e. The quantitative estimate of drug-likeness (QED) is 0.483. The van der Waals surface area contributed by atoms with E-state index in [0.29, 0.717) is 12.2 Å². The van der Waals surface area contributed by atoms with Crippen LogP contribution < -0.4 is 11.1 Å². The van der Waals surface area contributed by atoms with Crippen molar-refractivity contribution in [2.45, 2.75) is 25.7 Å². The van der Waals surface area contributed by atoms with Crippen molar-refractivity contribution in [2.75, 3.05) is 12.3 Å². The van der Waals surface area contributed by atoms with Crippen molar-refractivity contribution in [3.8, 4) is 0 Å². The Labute approximate surface area is 114 Å². The third kappa shape index (κ3) is 4.62. The smallest absolute Gasteiger partial charge is 0.244 e. The highest BCUT2D eigenvalue weighted by Gasteiger charge is 2.04. The molecule has 19 heavy (non-hydrogen) atoms. The molecular weight excluding hydrogens is 236 g/mol. The van der Waals surface area contributed by atoms with Gasteiger partial charge in [-0.25, -0.2) is 0 Å². The van der Waals surface area contributed by atoms with Crippen LogP contribution in [0.4, 0.5) is 5.69 Å². The predicted octanol–water partition coefficient (Wildman–Crippen LogP) is 2.90. The van der Waals surface area contributed by atoms with Gasteiger partial charge in [0.25, 0.3) is 0 Å². The minimum Gasteiger partial charge on any atom is -0.399 e. The Balaban J connectivity index is 1.74. The Morgan fingerprint density at radius 3 is 3.05 bits per heavy atom. The number of rotatable bonds is 5. The van der Waals surface area contributed by atoms with E-state index in [1.807, 2.05) is 24.3 Å². The molecule has 1 aliphatic carbocycles. The van der Waals surface area contributed by atoms with E-state index in [9.17, 15) is 4.79 Å². The molecule has 0 aliphatic heterocycles. The Kier molecular flexibility index (Phi) is 4.78. The maximum absolute atomic E-state index is 11.6. The van der Waals surface area contributed by atoms with Gasteiger partial charge in [0.2, 0.25) is 5.91 Å².